The Balaban J connectivity index is 1.77. The molecule has 2 N–H and O–H groups in total. The average Bonchev–Trinajstić information content (AvgIpc) is 2.57. The van der Waals surface area contributed by atoms with Crippen LogP contribution in [0, 0.1) is 11.6 Å². The molecule has 2 aromatic carbocycles. The number of nitrogens with zero attached hydrogens (tertiary/aromatic N) is 1. The molecule has 1 amide bonds. The third-order valence-corrected chi connectivity index (χ3v) is 3.24. The number of para-hydroxylation sites is 1. The molecule has 120 valence electrons. The number of halogens is 2. The Hall–Kier alpha value is -3.28. The van der Waals surface area contributed by atoms with Crippen molar-refractivity contribution in [1.82, 2.24) is 4.98 Å². The highest BCUT2D eigenvalue weighted by atomic mass is 19.1. The van der Waals surface area contributed by atoms with Gasteiger partial charge in [0.25, 0.3) is 5.91 Å². The predicted molar refractivity (Wildman–Crippen MR) is 88.3 cm³/mol. The minimum atomic E-state index is -0.521. The van der Waals surface area contributed by atoms with Crippen molar-refractivity contribution in [2.24, 2.45) is 0 Å². The number of hydrogen-bond donors (Lipinski definition) is 2. The van der Waals surface area contributed by atoms with E-state index >= 15 is 0 Å². The molecule has 0 spiro atoms. The van der Waals surface area contributed by atoms with Crippen LogP contribution in [0.25, 0.3) is 0 Å². The van der Waals surface area contributed by atoms with Crippen molar-refractivity contribution in [3.8, 4) is 0 Å². The third-order valence-electron chi connectivity index (χ3n) is 3.24. The van der Waals surface area contributed by atoms with Crippen molar-refractivity contribution in [3.05, 3.63) is 84.2 Å². The zero-order valence-electron chi connectivity index (χ0n) is 12.5. The summed E-state index contributed by atoms with van der Waals surface area (Å²) >= 11 is 0. The summed E-state index contributed by atoms with van der Waals surface area (Å²) in [4.78, 5) is 16.2. The molecule has 1 heterocycles. The topological polar surface area (TPSA) is 54.0 Å². The van der Waals surface area contributed by atoms with Gasteiger partial charge in [0.05, 0.1) is 23.1 Å². The number of carbonyl (C=O) groups is 1. The number of aromatic nitrogens is 1. The van der Waals surface area contributed by atoms with E-state index in [0.29, 0.717) is 11.4 Å². The Morgan fingerprint density at radius 2 is 1.75 bits per heavy atom. The van der Waals surface area contributed by atoms with Gasteiger partial charge in [-0.3, -0.25) is 9.78 Å². The zero-order valence-corrected chi connectivity index (χ0v) is 12.5. The summed E-state index contributed by atoms with van der Waals surface area (Å²) in [6, 6.07) is 13.4. The van der Waals surface area contributed by atoms with Crippen molar-refractivity contribution in [2.75, 3.05) is 10.6 Å². The Labute approximate surface area is 137 Å². The van der Waals surface area contributed by atoms with Crippen LogP contribution in [-0.4, -0.2) is 10.9 Å². The summed E-state index contributed by atoms with van der Waals surface area (Å²) in [7, 11) is 0. The minimum Gasteiger partial charge on any atom is -0.354 e. The smallest absolute Gasteiger partial charge is 0.257 e. The summed E-state index contributed by atoms with van der Waals surface area (Å²) in [5.41, 5.74) is 1.39. The van der Waals surface area contributed by atoms with E-state index in [2.05, 4.69) is 15.6 Å². The standard InChI is InChI=1S/C18H13F2N3O/c19-13-4-3-5-14(9-13)22-15-8-12(10-21-11-15)18(24)23-17-7-2-1-6-16(17)20/h1-11,22H,(H,23,24). The first-order chi connectivity index (χ1) is 11.6. The van der Waals surface area contributed by atoms with E-state index in [1.807, 2.05) is 0 Å². The van der Waals surface area contributed by atoms with Crippen molar-refractivity contribution >= 4 is 23.0 Å². The molecular formula is C18H13F2N3O. The predicted octanol–water partition coefficient (Wildman–Crippen LogP) is 4.36. The molecule has 3 aromatic rings. The number of hydrogen-bond acceptors (Lipinski definition) is 3. The second-order valence-electron chi connectivity index (χ2n) is 5.03. The lowest BCUT2D eigenvalue weighted by Gasteiger charge is -2.09. The largest absolute Gasteiger partial charge is 0.354 e. The van der Waals surface area contributed by atoms with Gasteiger partial charge in [0, 0.05) is 11.9 Å². The fourth-order valence-electron chi connectivity index (χ4n) is 2.12. The van der Waals surface area contributed by atoms with E-state index in [0.717, 1.165) is 0 Å². The number of anilines is 3. The molecule has 4 nitrogen and oxygen atoms in total. The summed E-state index contributed by atoms with van der Waals surface area (Å²) in [5, 5.41) is 5.44. The first-order valence-corrected chi connectivity index (χ1v) is 7.15. The van der Waals surface area contributed by atoms with Gasteiger partial charge in [-0.05, 0) is 36.4 Å². The molecule has 0 unspecified atom stereocenters. The lowest BCUT2D eigenvalue weighted by Crippen LogP contribution is -2.13. The van der Waals surface area contributed by atoms with Crippen LogP contribution in [0.2, 0.25) is 0 Å². The van der Waals surface area contributed by atoms with E-state index in [1.165, 1.54) is 42.7 Å². The van der Waals surface area contributed by atoms with Crippen LogP contribution in [0.5, 0.6) is 0 Å². The monoisotopic (exact) mass is 325 g/mol. The Bertz CT molecular complexity index is 883. The van der Waals surface area contributed by atoms with Crippen molar-refractivity contribution < 1.29 is 13.6 Å². The number of pyridine rings is 1. The number of benzene rings is 2. The van der Waals surface area contributed by atoms with E-state index in [1.54, 1.807) is 24.3 Å². The van der Waals surface area contributed by atoms with Gasteiger partial charge in [-0.25, -0.2) is 8.78 Å². The van der Waals surface area contributed by atoms with Crippen LogP contribution in [0.1, 0.15) is 10.4 Å². The molecule has 0 aliphatic rings. The van der Waals surface area contributed by atoms with Gasteiger partial charge in [-0.15, -0.1) is 0 Å². The Morgan fingerprint density at radius 3 is 2.54 bits per heavy atom. The molecule has 1 aromatic heterocycles. The van der Waals surface area contributed by atoms with Crippen LogP contribution < -0.4 is 10.6 Å². The lowest BCUT2D eigenvalue weighted by molar-refractivity contribution is 0.102. The second kappa shape index (κ2) is 6.87. The summed E-state index contributed by atoms with van der Waals surface area (Å²) in [5.74, 6) is -1.38. The highest BCUT2D eigenvalue weighted by molar-refractivity contribution is 6.04. The maximum atomic E-state index is 13.6. The fraction of sp³-hybridized carbons (Fsp3) is 0. The van der Waals surface area contributed by atoms with E-state index < -0.39 is 11.7 Å². The van der Waals surface area contributed by atoms with E-state index in [4.69, 9.17) is 0 Å². The fourth-order valence-corrected chi connectivity index (χ4v) is 2.12. The van der Waals surface area contributed by atoms with Gasteiger partial charge in [0.1, 0.15) is 11.6 Å². The average molecular weight is 325 g/mol. The molecule has 3 rings (SSSR count). The zero-order chi connectivity index (χ0) is 16.9. The van der Waals surface area contributed by atoms with Crippen LogP contribution in [-0.2, 0) is 0 Å². The molecule has 0 atom stereocenters. The van der Waals surface area contributed by atoms with Crippen LogP contribution in [0.15, 0.2) is 67.0 Å². The first-order valence-electron chi connectivity index (χ1n) is 7.15. The van der Waals surface area contributed by atoms with Crippen LogP contribution in [0.4, 0.5) is 25.8 Å². The Kier molecular flexibility index (Phi) is 4.47. The third kappa shape index (κ3) is 3.73. The SMILES string of the molecule is O=C(Nc1ccccc1F)c1cncc(Nc2cccc(F)c2)c1. The highest BCUT2D eigenvalue weighted by Gasteiger charge is 2.10. The molecule has 6 heteroatoms. The molecule has 0 saturated carbocycles. The molecule has 0 fully saturated rings. The lowest BCUT2D eigenvalue weighted by atomic mass is 10.2. The van der Waals surface area contributed by atoms with Crippen molar-refractivity contribution in [3.63, 3.8) is 0 Å². The second-order valence-corrected chi connectivity index (χ2v) is 5.03. The van der Waals surface area contributed by atoms with Crippen LogP contribution in [0.3, 0.4) is 0 Å². The summed E-state index contributed by atoms with van der Waals surface area (Å²) in [6.45, 7) is 0. The van der Waals surface area contributed by atoms with E-state index in [-0.39, 0.29) is 17.1 Å². The van der Waals surface area contributed by atoms with Gasteiger partial charge in [-0.1, -0.05) is 18.2 Å². The normalized spacial score (nSPS) is 10.2. The summed E-state index contributed by atoms with van der Waals surface area (Å²) in [6.07, 6.45) is 2.87. The van der Waals surface area contributed by atoms with E-state index in [9.17, 15) is 13.6 Å². The van der Waals surface area contributed by atoms with Crippen LogP contribution >= 0.6 is 0 Å². The van der Waals surface area contributed by atoms with Gasteiger partial charge in [-0.2, -0.15) is 0 Å². The number of rotatable bonds is 4. The molecular weight excluding hydrogens is 312 g/mol. The Morgan fingerprint density at radius 1 is 0.917 bits per heavy atom. The minimum absolute atomic E-state index is 0.0889. The molecule has 24 heavy (non-hydrogen) atoms. The van der Waals surface area contributed by atoms with Crippen molar-refractivity contribution in [1.29, 1.82) is 0 Å². The molecule has 0 bridgehead atoms. The quantitative estimate of drug-likeness (QED) is 0.749. The summed E-state index contributed by atoms with van der Waals surface area (Å²) < 4.78 is 26.8. The maximum Gasteiger partial charge on any atom is 0.257 e. The number of carbonyl (C=O) groups excluding carboxylic acids is 1. The van der Waals surface area contributed by atoms with Gasteiger partial charge >= 0.3 is 0 Å². The van der Waals surface area contributed by atoms with Crippen molar-refractivity contribution in [2.45, 2.75) is 0 Å². The maximum absolute atomic E-state index is 13.6. The van der Waals surface area contributed by atoms with Gasteiger partial charge in [0.2, 0.25) is 0 Å². The van der Waals surface area contributed by atoms with Gasteiger partial charge in [0.15, 0.2) is 0 Å². The highest BCUT2D eigenvalue weighted by Crippen LogP contribution is 2.19. The molecule has 0 aliphatic carbocycles. The van der Waals surface area contributed by atoms with Gasteiger partial charge < -0.3 is 10.6 Å². The molecule has 0 radical (unpaired) electrons. The number of amides is 1. The molecule has 0 saturated heterocycles. The molecule has 0 aliphatic heterocycles. The first kappa shape index (κ1) is 15.6. The number of nitrogens with one attached hydrogen (secondary N) is 2.